The van der Waals surface area contributed by atoms with Crippen LogP contribution in [0.1, 0.15) is 22.9 Å². The summed E-state index contributed by atoms with van der Waals surface area (Å²) in [5.41, 5.74) is 1.21. The summed E-state index contributed by atoms with van der Waals surface area (Å²) >= 11 is 1.78. The Morgan fingerprint density at radius 1 is 1.12 bits per heavy atom. The van der Waals surface area contributed by atoms with Crippen LogP contribution in [0.25, 0.3) is 0 Å². The summed E-state index contributed by atoms with van der Waals surface area (Å²) in [7, 11) is 2.17. The van der Waals surface area contributed by atoms with Crippen molar-refractivity contribution >= 4 is 17.2 Å². The summed E-state index contributed by atoms with van der Waals surface area (Å²) in [6, 6.07) is 14.8. The summed E-state index contributed by atoms with van der Waals surface area (Å²) in [4.78, 5) is 18.5. The van der Waals surface area contributed by atoms with Gasteiger partial charge in [-0.2, -0.15) is 0 Å². The Labute approximate surface area is 154 Å². The summed E-state index contributed by atoms with van der Waals surface area (Å²) in [6.45, 7) is 4.98. The third-order valence-electron chi connectivity index (χ3n) is 4.83. The first-order valence-electron chi connectivity index (χ1n) is 8.99. The number of piperazine rings is 1. The second-order valence-electron chi connectivity index (χ2n) is 6.66. The van der Waals surface area contributed by atoms with Crippen LogP contribution >= 0.6 is 11.3 Å². The minimum Gasteiger partial charge on any atom is -0.354 e. The van der Waals surface area contributed by atoms with E-state index in [1.807, 2.05) is 18.2 Å². The van der Waals surface area contributed by atoms with E-state index in [2.05, 4.69) is 51.8 Å². The number of hydrogen-bond acceptors (Lipinski definition) is 4. The average Bonchev–Trinajstić information content (AvgIpc) is 3.17. The van der Waals surface area contributed by atoms with Gasteiger partial charge in [-0.1, -0.05) is 36.4 Å². The molecule has 1 aliphatic rings. The number of amides is 1. The first-order chi connectivity index (χ1) is 12.2. The molecular formula is C20H27N3OS. The zero-order valence-corrected chi connectivity index (χ0v) is 15.7. The molecule has 1 N–H and O–H groups in total. The summed E-state index contributed by atoms with van der Waals surface area (Å²) in [6.07, 6.45) is 1.34. The molecule has 1 aromatic heterocycles. The molecule has 5 heteroatoms. The van der Waals surface area contributed by atoms with Gasteiger partial charge in [-0.15, -0.1) is 11.3 Å². The molecule has 4 nitrogen and oxygen atoms in total. The van der Waals surface area contributed by atoms with Crippen molar-refractivity contribution in [1.82, 2.24) is 15.1 Å². The number of likely N-dealkylation sites (N-methyl/N-ethyl adjacent to an activating group) is 1. The minimum absolute atomic E-state index is 0.138. The van der Waals surface area contributed by atoms with E-state index in [0.717, 1.165) is 32.6 Å². The van der Waals surface area contributed by atoms with Crippen molar-refractivity contribution < 1.29 is 4.79 Å². The lowest BCUT2D eigenvalue weighted by Gasteiger charge is -2.37. The third kappa shape index (κ3) is 5.39. The summed E-state index contributed by atoms with van der Waals surface area (Å²) < 4.78 is 0. The Bertz CT molecular complexity index is 636. The van der Waals surface area contributed by atoms with E-state index in [1.54, 1.807) is 11.3 Å². The minimum atomic E-state index is 0.138. The molecule has 1 amide bonds. The second kappa shape index (κ2) is 9.13. The zero-order chi connectivity index (χ0) is 17.5. The van der Waals surface area contributed by atoms with Gasteiger partial charge in [-0.3, -0.25) is 9.69 Å². The third-order valence-corrected chi connectivity index (χ3v) is 5.80. The predicted molar refractivity (Wildman–Crippen MR) is 104 cm³/mol. The van der Waals surface area contributed by atoms with Crippen molar-refractivity contribution in [3.05, 3.63) is 58.3 Å². The van der Waals surface area contributed by atoms with Gasteiger partial charge >= 0.3 is 0 Å². The van der Waals surface area contributed by atoms with Crippen LogP contribution in [0.3, 0.4) is 0 Å². The molecule has 0 saturated carbocycles. The maximum Gasteiger partial charge on any atom is 0.220 e. The molecule has 3 rings (SSSR count). The van der Waals surface area contributed by atoms with Crippen LogP contribution in [-0.4, -0.2) is 55.5 Å². The van der Waals surface area contributed by atoms with Crippen molar-refractivity contribution in [1.29, 1.82) is 0 Å². The number of nitrogens with one attached hydrogen (secondary N) is 1. The largest absolute Gasteiger partial charge is 0.354 e. The molecule has 1 fully saturated rings. The highest BCUT2D eigenvalue weighted by molar-refractivity contribution is 7.10. The van der Waals surface area contributed by atoms with Gasteiger partial charge in [-0.05, 0) is 30.5 Å². The van der Waals surface area contributed by atoms with E-state index in [9.17, 15) is 4.79 Å². The number of benzene rings is 1. The van der Waals surface area contributed by atoms with Crippen LogP contribution in [0.15, 0.2) is 47.8 Å². The van der Waals surface area contributed by atoms with Gasteiger partial charge in [0.2, 0.25) is 5.91 Å². The topological polar surface area (TPSA) is 35.6 Å². The maximum atomic E-state index is 12.3. The number of aryl methyl sites for hydroxylation is 1. The summed E-state index contributed by atoms with van der Waals surface area (Å²) in [5.74, 6) is 0.138. The maximum absolute atomic E-state index is 12.3. The molecular weight excluding hydrogens is 330 g/mol. The van der Waals surface area contributed by atoms with Crippen molar-refractivity contribution in [2.75, 3.05) is 39.8 Å². The Hall–Kier alpha value is -1.69. The smallest absolute Gasteiger partial charge is 0.220 e. The fourth-order valence-electron chi connectivity index (χ4n) is 3.23. The van der Waals surface area contributed by atoms with Gasteiger partial charge in [0, 0.05) is 44.0 Å². The molecule has 0 aliphatic carbocycles. The van der Waals surface area contributed by atoms with Gasteiger partial charge in [-0.25, -0.2) is 0 Å². The second-order valence-corrected chi connectivity index (χ2v) is 7.64. The molecule has 1 aliphatic heterocycles. The molecule has 134 valence electrons. The fraction of sp³-hybridized carbons (Fsp3) is 0.450. The van der Waals surface area contributed by atoms with Crippen molar-refractivity contribution in [3.63, 3.8) is 0 Å². The van der Waals surface area contributed by atoms with Crippen molar-refractivity contribution in [3.8, 4) is 0 Å². The quantitative estimate of drug-likeness (QED) is 0.828. The van der Waals surface area contributed by atoms with Crippen LogP contribution in [0.4, 0.5) is 0 Å². The standard InChI is InChI=1S/C20H27N3OS/c1-22-11-13-23(14-12-22)18(19-8-5-15-25-19)16-21-20(24)10-9-17-6-3-2-4-7-17/h2-8,15,18H,9-14,16H2,1H3,(H,21,24). The number of carbonyl (C=O) groups is 1. The molecule has 25 heavy (non-hydrogen) atoms. The van der Waals surface area contributed by atoms with E-state index in [4.69, 9.17) is 0 Å². The van der Waals surface area contributed by atoms with Crippen LogP contribution < -0.4 is 5.32 Å². The Balaban J connectivity index is 1.52. The highest BCUT2D eigenvalue weighted by atomic mass is 32.1. The highest BCUT2D eigenvalue weighted by Crippen LogP contribution is 2.25. The van der Waals surface area contributed by atoms with E-state index in [1.165, 1.54) is 10.4 Å². The van der Waals surface area contributed by atoms with Gasteiger partial charge in [0.15, 0.2) is 0 Å². The molecule has 0 spiro atoms. The molecule has 1 saturated heterocycles. The van der Waals surface area contributed by atoms with Gasteiger partial charge in [0.05, 0.1) is 6.04 Å². The Morgan fingerprint density at radius 3 is 2.56 bits per heavy atom. The normalized spacial score (nSPS) is 17.3. The Kier molecular flexibility index (Phi) is 6.62. The van der Waals surface area contributed by atoms with Crippen LogP contribution in [0, 0.1) is 0 Å². The summed E-state index contributed by atoms with van der Waals surface area (Å²) in [5, 5.41) is 5.28. The van der Waals surface area contributed by atoms with E-state index in [0.29, 0.717) is 13.0 Å². The average molecular weight is 358 g/mol. The lowest BCUT2D eigenvalue weighted by molar-refractivity contribution is -0.121. The molecule has 2 aromatic rings. The first-order valence-corrected chi connectivity index (χ1v) is 9.87. The lowest BCUT2D eigenvalue weighted by atomic mass is 10.1. The fourth-order valence-corrected chi connectivity index (χ4v) is 4.09. The van der Waals surface area contributed by atoms with Gasteiger partial charge < -0.3 is 10.2 Å². The van der Waals surface area contributed by atoms with Crippen LogP contribution in [0.5, 0.6) is 0 Å². The monoisotopic (exact) mass is 357 g/mol. The molecule has 1 unspecified atom stereocenters. The number of nitrogens with zero attached hydrogens (tertiary/aromatic N) is 2. The van der Waals surface area contributed by atoms with Crippen molar-refractivity contribution in [2.24, 2.45) is 0 Å². The zero-order valence-electron chi connectivity index (χ0n) is 14.9. The van der Waals surface area contributed by atoms with E-state index in [-0.39, 0.29) is 11.9 Å². The predicted octanol–water partition coefficient (Wildman–Crippen LogP) is 2.79. The number of carbonyl (C=O) groups excluding carboxylic acids is 1. The molecule has 1 atom stereocenters. The van der Waals surface area contributed by atoms with E-state index < -0.39 is 0 Å². The van der Waals surface area contributed by atoms with Gasteiger partial charge in [0.1, 0.15) is 0 Å². The van der Waals surface area contributed by atoms with Gasteiger partial charge in [0.25, 0.3) is 0 Å². The van der Waals surface area contributed by atoms with E-state index >= 15 is 0 Å². The lowest BCUT2D eigenvalue weighted by Crippen LogP contribution is -2.48. The first kappa shape index (κ1) is 18.1. The Morgan fingerprint density at radius 2 is 1.88 bits per heavy atom. The SMILES string of the molecule is CN1CCN(C(CNC(=O)CCc2ccccc2)c2cccs2)CC1. The molecule has 1 aromatic carbocycles. The molecule has 2 heterocycles. The number of rotatable bonds is 7. The number of thiophene rings is 1. The highest BCUT2D eigenvalue weighted by Gasteiger charge is 2.24. The van der Waals surface area contributed by atoms with Crippen LogP contribution in [0.2, 0.25) is 0 Å². The molecule has 0 radical (unpaired) electrons. The molecule has 0 bridgehead atoms. The number of hydrogen-bond donors (Lipinski definition) is 1. The van der Waals surface area contributed by atoms with Crippen molar-refractivity contribution in [2.45, 2.75) is 18.9 Å². The van der Waals surface area contributed by atoms with Crippen LogP contribution in [-0.2, 0) is 11.2 Å².